The summed E-state index contributed by atoms with van der Waals surface area (Å²) >= 11 is 0. The van der Waals surface area contributed by atoms with Crippen LogP contribution >= 0.6 is 0 Å². The molecule has 0 atom stereocenters. The van der Waals surface area contributed by atoms with E-state index in [4.69, 9.17) is 0 Å². The Hall–Kier alpha value is -1.11. The first-order chi connectivity index (χ1) is 7.17. The van der Waals surface area contributed by atoms with Crippen LogP contribution in [0.3, 0.4) is 0 Å². The van der Waals surface area contributed by atoms with Gasteiger partial charge < -0.3 is 0 Å². The Bertz CT molecular complexity index is 226. The van der Waals surface area contributed by atoms with Gasteiger partial charge in [-0.25, -0.2) is 0 Å². The van der Waals surface area contributed by atoms with Crippen molar-refractivity contribution in [2.24, 2.45) is 5.41 Å². The Kier molecular flexibility index (Phi) is 15.2. The van der Waals surface area contributed by atoms with Gasteiger partial charge in [0.1, 0.15) is 0 Å². The molecule has 0 aliphatic carbocycles. The van der Waals surface area contributed by atoms with Crippen LogP contribution in [0.25, 0.3) is 0 Å². The van der Waals surface area contributed by atoms with Crippen LogP contribution in [0, 0.1) is 5.41 Å². The molecular formula is C15H28O. The van der Waals surface area contributed by atoms with Gasteiger partial charge in [-0.3, -0.25) is 4.79 Å². The molecule has 0 bridgehead atoms. The van der Waals surface area contributed by atoms with Gasteiger partial charge in [0.05, 0.1) is 0 Å². The van der Waals surface area contributed by atoms with Gasteiger partial charge in [0.25, 0.3) is 0 Å². The Morgan fingerprint density at radius 2 is 1.31 bits per heavy atom. The molecule has 0 amide bonds. The van der Waals surface area contributed by atoms with Crippen LogP contribution in [0.5, 0.6) is 0 Å². The Morgan fingerprint density at radius 1 is 1.06 bits per heavy atom. The maximum absolute atomic E-state index is 9.69. The minimum absolute atomic E-state index is 0.0185. The van der Waals surface area contributed by atoms with Crippen LogP contribution in [-0.4, -0.2) is 5.78 Å². The smallest absolute Gasteiger partial charge is 0.152 e. The zero-order chi connectivity index (χ0) is 13.8. The second-order valence-corrected chi connectivity index (χ2v) is 4.44. The molecule has 0 saturated carbocycles. The molecule has 0 heterocycles. The molecule has 0 aromatic carbocycles. The zero-order valence-electron chi connectivity index (χ0n) is 12.1. The van der Waals surface area contributed by atoms with Gasteiger partial charge in [0.15, 0.2) is 5.78 Å². The van der Waals surface area contributed by atoms with Crippen molar-refractivity contribution < 1.29 is 4.79 Å². The van der Waals surface area contributed by atoms with Gasteiger partial charge in [-0.1, -0.05) is 45.1 Å². The van der Waals surface area contributed by atoms with E-state index in [-0.39, 0.29) is 5.78 Å². The molecular weight excluding hydrogens is 196 g/mol. The number of allylic oxidation sites excluding steroid dienone is 4. The molecule has 0 aliphatic rings. The molecule has 0 rings (SSSR count). The van der Waals surface area contributed by atoms with Crippen LogP contribution in [0.1, 0.15) is 48.5 Å². The van der Waals surface area contributed by atoms with Gasteiger partial charge in [-0.05, 0) is 39.2 Å². The Morgan fingerprint density at radius 3 is 1.31 bits per heavy atom. The average molecular weight is 224 g/mol. The van der Waals surface area contributed by atoms with Crippen LogP contribution in [0.2, 0.25) is 0 Å². The standard InChI is InChI=1S/C8H16.C4H6O.C3H6/c1-6-7(2)8(3,4)5;1-3-4(2)5;1-3-2/h6H,1-5H3;3H,1H2,2H3;3H,1H2,2H3/b7-6+;;. The fourth-order valence-corrected chi connectivity index (χ4v) is 0.433. The van der Waals surface area contributed by atoms with Gasteiger partial charge in [-0.15, -0.1) is 6.58 Å². The fourth-order valence-electron chi connectivity index (χ4n) is 0.433. The molecule has 0 saturated heterocycles. The highest BCUT2D eigenvalue weighted by molar-refractivity contribution is 5.86. The Labute approximate surface area is 102 Å². The summed E-state index contributed by atoms with van der Waals surface area (Å²) in [6.07, 6.45) is 5.19. The van der Waals surface area contributed by atoms with E-state index >= 15 is 0 Å². The lowest BCUT2D eigenvalue weighted by Gasteiger charge is -2.18. The summed E-state index contributed by atoms with van der Waals surface area (Å²) in [5.41, 5.74) is 1.83. The minimum Gasteiger partial charge on any atom is -0.295 e. The lowest BCUT2D eigenvalue weighted by Crippen LogP contribution is -2.05. The van der Waals surface area contributed by atoms with Crippen molar-refractivity contribution in [1.82, 2.24) is 0 Å². The van der Waals surface area contributed by atoms with Crippen LogP contribution in [-0.2, 0) is 4.79 Å². The normalized spacial score (nSPS) is 10.1. The van der Waals surface area contributed by atoms with E-state index in [0.29, 0.717) is 5.41 Å². The molecule has 0 N–H and O–H groups in total. The largest absolute Gasteiger partial charge is 0.295 e. The SMILES string of the molecule is C/C=C(\C)C(C)(C)C.C=CC.C=CC(C)=O. The highest BCUT2D eigenvalue weighted by Gasteiger charge is 2.09. The van der Waals surface area contributed by atoms with E-state index in [0.717, 1.165) is 0 Å². The molecule has 0 aliphatic heterocycles. The van der Waals surface area contributed by atoms with Gasteiger partial charge in [0.2, 0.25) is 0 Å². The third-order valence-electron chi connectivity index (χ3n) is 1.90. The van der Waals surface area contributed by atoms with E-state index in [1.807, 2.05) is 6.92 Å². The second kappa shape index (κ2) is 12.0. The maximum atomic E-state index is 9.69. The number of hydrogen-bond donors (Lipinski definition) is 0. The summed E-state index contributed by atoms with van der Waals surface area (Å²) < 4.78 is 0. The maximum Gasteiger partial charge on any atom is 0.152 e. The van der Waals surface area contributed by atoms with Gasteiger partial charge in [0, 0.05) is 0 Å². The summed E-state index contributed by atoms with van der Waals surface area (Å²) in [5, 5.41) is 0. The fraction of sp³-hybridized carbons (Fsp3) is 0.533. The Balaban J connectivity index is -0.000000181. The van der Waals surface area contributed by atoms with E-state index in [1.54, 1.807) is 6.08 Å². The lowest BCUT2D eigenvalue weighted by atomic mass is 9.88. The molecule has 0 fully saturated rings. The van der Waals surface area contributed by atoms with Crippen molar-refractivity contribution in [2.45, 2.75) is 48.5 Å². The van der Waals surface area contributed by atoms with Crippen molar-refractivity contribution in [3.8, 4) is 0 Å². The lowest BCUT2D eigenvalue weighted by molar-refractivity contribution is -0.112. The van der Waals surface area contributed by atoms with Crippen molar-refractivity contribution in [1.29, 1.82) is 0 Å². The summed E-state index contributed by atoms with van der Waals surface area (Å²) in [6, 6.07) is 0. The molecule has 0 spiro atoms. The zero-order valence-corrected chi connectivity index (χ0v) is 12.1. The molecule has 0 aromatic heterocycles. The van der Waals surface area contributed by atoms with Crippen LogP contribution < -0.4 is 0 Å². The van der Waals surface area contributed by atoms with Gasteiger partial charge in [-0.2, -0.15) is 0 Å². The number of ketones is 1. The average Bonchev–Trinajstić information content (AvgIpc) is 2.17. The minimum atomic E-state index is 0.0185. The molecule has 0 radical (unpaired) electrons. The first-order valence-electron chi connectivity index (χ1n) is 5.50. The molecule has 0 aromatic rings. The number of rotatable bonds is 1. The van der Waals surface area contributed by atoms with E-state index in [9.17, 15) is 4.79 Å². The number of carbonyl (C=O) groups excluding carboxylic acids is 1. The summed E-state index contributed by atoms with van der Waals surface area (Å²) in [4.78, 5) is 9.69. The van der Waals surface area contributed by atoms with Gasteiger partial charge >= 0.3 is 0 Å². The first-order valence-corrected chi connectivity index (χ1v) is 5.50. The highest BCUT2D eigenvalue weighted by atomic mass is 16.1. The predicted octanol–water partition coefficient (Wildman–Crippen LogP) is 4.95. The molecule has 0 unspecified atom stereocenters. The third-order valence-corrected chi connectivity index (χ3v) is 1.90. The number of carbonyl (C=O) groups is 1. The molecule has 1 heteroatoms. The monoisotopic (exact) mass is 224 g/mol. The van der Waals surface area contributed by atoms with E-state index < -0.39 is 0 Å². The van der Waals surface area contributed by atoms with Crippen molar-refractivity contribution in [3.05, 3.63) is 37.0 Å². The number of hydrogen-bond acceptors (Lipinski definition) is 1. The van der Waals surface area contributed by atoms with Crippen molar-refractivity contribution in [3.63, 3.8) is 0 Å². The third kappa shape index (κ3) is 23.1. The van der Waals surface area contributed by atoms with E-state index in [2.05, 4.69) is 53.9 Å². The van der Waals surface area contributed by atoms with E-state index in [1.165, 1.54) is 18.6 Å². The summed E-state index contributed by atoms with van der Waals surface area (Å²) in [6.45, 7) is 20.9. The van der Waals surface area contributed by atoms with Crippen molar-refractivity contribution in [2.75, 3.05) is 0 Å². The quantitative estimate of drug-likeness (QED) is 0.455. The van der Waals surface area contributed by atoms with Crippen LogP contribution in [0.4, 0.5) is 0 Å². The summed E-state index contributed by atoms with van der Waals surface area (Å²) in [5.74, 6) is 0.0185. The first kappa shape index (κ1) is 20.3. The topological polar surface area (TPSA) is 17.1 Å². The van der Waals surface area contributed by atoms with Crippen LogP contribution in [0.15, 0.2) is 37.0 Å². The molecule has 94 valence electrons. The molecule has 1 nitrogen and oxygen atoms in total. The summed E-state index contributed by atoms with van der Waals surface area (Å²) in [7, 11) is 0. The van der Waals surface area contributed by atoms with Crippen molar-refractivity contribution >= 4 is 5.78 Å². The second-order valence-electron chi connectivity index (χ2n) is 4.44. The highest BCUT2D eigenvalue weighted by Crippen LogP contribution is 2.23. The predicted molar refractivity (Wildman–Crippen MR) is 75.6 cm³/mol. The molecule has 16 heavy (non-hydrogen) atoms.